The minimum atomic E-state index is -0.543. The number of halogens is 1. The second-order valence-corrected chi connectivity index (χ2v) is 6.87. The van der Waals surface area contributed by atoms with E-state index in [1.54, 1.807) is 12.1 Å². The summed E-state index contributed by atoms with van der Waals surface area (Å²) in [6.07, 6.45) is 2.03. The van der Waals surface area contributed by atoms with E-state index in [4.69, 9.17) is 12.2 Å². The van der Waals surface area contributed by atoms with Gasteiger partial charge >= 0.3 is 0 Å². The fraction of sp³-hybridized carbons (Fsp3) is 0.0455. The van der Waals surface area contributed by atoms with Gasteiger partial charge < -0.3 is 0 Å². The van der Waals surface area contributed by atoms with Crippen LogP contribution in [0.4, 0.5) is 4.39 Å². The fourth-order valence-electron chi connectivity index (χ4n) is 3.28. The van der Waals surface area contributed by atoms with Crippen LogP contribution in [0.15, 0.2) is 66.2 Å². The lowest BCUT2D eigenvalue weighted by molar-refractivity contribution is -0.123. The van der Waals surface area contributed by atoms with Gasteiger partial charge in [-0.15, -0.1) is 0 Å². The van der Waals surface area contributed by atoms with Crippen LogP contribution in [0.1, 0.15) is 16.7 Å². The number of nitrogens with one attached hydrogen (secondary N) is 2. The Balaban J connectivity index is 1.87. The third-order valence-electron chi connectivity index (χ3n) is 4.58. The van der Waals surface area contributed by atoms with Crippen LogP contribution in [0.5, 0.6) is 0 Å². The average molecular weight is 390 g/mol. The molecule has 2 amide bonds. The molecule has 4 nitrogen and oxygen atoms in total. The highest BCUT2D eigenvalue weighted by Gasteiger charge is 2.26. The first-order chi connectivity index (χ1) is 13.5. The second kappa shape index (κ2) is 7.32. The topological polar surface area (TPSA) is 58.2 Å². The van der Waals surface area contributed by atoms with Gasteiger partial charge in [-0.05, 0) is 64.3 Å². The molecule has 0 aliphatic carbocycles. The predicted molar refractivity (Wildman–Crippen MR) is 110 cm³/mol. The van der Waals surface area contributed by atoms with Crippen molar-refractivity contribution in [3.8, 4) is 0 Å². The van der Waals surface area contributed by atoms with Gasteiger partial charge in [-0.1, -0.05) is 48.5 Å². The van der Waals surface area contributed by atoms with Crippen LogP contribution in [0, 0.1) is 5.82 Å². The zero-order valence-corrected chi connectivity index (χ0v) is 15.5. The summed E-state index contributed by atoms with van der Waals surface area (Å²) in [6, 6.07) is 18.0. The Morgan fingerprint density at radius 3 is 2.43 bits per heavy atom. The standard InChI is InChI=1S/C22H15FN2O2S/c23-16-6-3-4-13(11-16)10-15-9-8-14-5-1-2-7-17(14)18(15)12-19-20(26)24-22(28)25-21(19)27/h1-9,11-12H,10H2,(H2,24,25,26,27,28). The molecule has 0 bridgehead atoms. The molecule has 6 heteroatoms. The van der Waals surface area contributed by atoms with Crippen molar-refractivity contribution in [1.29, 1.82) is 0 Å². The third kappa shape index (κ3) is 3.54. The van der Waals surface area contributed by atoms with Crippen molar-refractivity contribution >= 4 is 46.0 Å². The van der Waals surface area contributed by atoms with E-state index < -0.39 is 11.8 Å². The molecule has 0 radical (unpaired) electrons. The minimum Gasteiger partial charge on any atom is -0.299 e. The summed E-state index contributed by atoms with van der Waals surface area (Å²) in [7, 11) is 0. The van der Waals surface area contributed by atoms with Crippen molar-refractivity contribution in [2.24, 2.45) is 0 Å². The number of thiocarbonyl (C=S) groups is 1. The van der Waals surface area contributed by atoms with E-state index in [9.17, 15) is 14.0 Å². The Labute approximate surface area is 166 Å². The minimum absolute atomic E-state index is 0.00921. The Morgan fingerprint density at radius 1 is 0.929 bits per heavy atom. The summed E-state index contributed by atoms with van der Waals surface area (Å²) in [5.74, 6) is -1.39. The highest BCUT2D eigenvalue weighted by molar-refractivity contribution is 7.80. The molecule has 138 valence electrons. The lowest BCUT2D eigenvalue weighted by Gasteiger charge is -2.18. The lowest BCUT2D eigenvalue weighted by atomic mass is 9.92. The van der Waals surface area contributed by atoms with Gasteiger partial charge in [-0.25, -0.2) is 4.39 Å². The summed E-state index contributed by atoms with van der Waals surface area (Å²) in [5, 5.41) is 6.76. The summed E-state index contributed by atoms with van der Waals surface area (Å²) in [6.45, 7) is 0. The number of amides is 2. The maximum atomic E-state index is 13.6. The van der Waals surface area contributed by atoms with Crippen LogP contribution >= 0.6 is 12.2 Å². The van der Waals surface area contributed by atoms with Crippen LogP contribution in [0.25, 0.3) is 16.8 Å². The molecule has 0 aromatic heterocycles. The number of rotatable bonds is 3. The second-order valence-electron chi connectivity index (χ2n) is 6.46. The first-order valence-electron chi connectivity index (χ1n) is 8.65. The normalized spacial score (nSPS) is 14.0. The van der Waals surface area contributed by atoms with E-state index in [2.05, 4.69) is 10.6 Å². The summed E-state index contributed by atoms with van der Waals surface area (Å²) >= 11 is 4.85. The summed E-state index contributed by atoms with van der Waals surface area (Å²) in [5.41, 5.74) is 2.40. The molecule has 4 rings (SSSR count). The predicted octanol–water partition coefficient (Wildman–Crippen LogP) is 3.48. The van der Waals surface area contributed by atoms with E-state index in [1.807, 2.05) is 42.5 Å². The molecule has 1 fully saturated rings. The van der Waals surface area contributed by atoms with Gasteiger partial charge in [0.05, 0.1) is 0 Å². The molecule has 1 heterocycles. The quantitative estimate of drug-likeness (QED) is 0.409. The Kier molecular flexibility index (Phi) is 4.71. The summed E-state index contributed by atoms with van der Waals surface area (Å²) < 4.78 is 13.6. The fourth-order valence-corrected chi connectivity index (χ4v) is 3.47. The van der Waals surface area contributed by atoms with E-state index in [0.717, 1.165) is 27.5 Å². The SMILES string of the molecule is O=C1NC(=S)NC(=O)C1=Cc1c(Cc2cccc(F)c2)ccc2ccccc12. The highest BCUT2D eigenvalue weighted by Crippen LogP contribution is 2.27. The van der Waals surface area contributed by atoms with Crippen molar-refractivity contribution in [3.05, 3.63) is 88.7 Å². The third-order valence-corrected chi connectivity index (χ3v) is 4.78. The molecule has 3 aromatic carbocycles. The largest absolute Gasteiger partial charge is 0.299 e. The van der Waals surface area contributed by atoms with Crippen LogP contribution < -0.4 is 10.6 Å². The number of benzene rings is 3. The molecule has 1 saturated heterocycles. The molecule has 28 heavy (non-hydrogen) atoms. The molecule has 0 saturated carbocycles. The van der Waals surface area contributed by atoms with E-state index in [-0.39, 0.29) is 16.5 Å². The Bertz CT molecular complexity index is 1150. The van der Waals surface area contributed by atoms with Gasteiger partial charge in [0, 0.05) is 0 Å². The Hall–Kier alpha value is -3.38. The van der Waals surface area contributed by atoms with Crippen LogP contribution in [0.3, 0.4) is 0 Å². The highest BCUT2D eigenvalue weighted by atomic mass is 32.1. The van der Waals surface area contributed by atoms with Crippen LogP contribution in [-0.2, 0) is 16.0 Å². The Morgan fingerprint density at radius 2 is 1.68 bits per heavy atom. The van der Waals surface area contributed by atoms with Gasteiger partial charge in [0.15, 0.2) is 5.11 Å². The van der Waals surface area contributed by atoms with Gasteiger partial charge in [-0.3, -0.25) is 20.2 Å². The van der Waals surface area contributed by atoms with Crippen LogP contribution in [0.2, 0.25) is 0 Å². The average Bonchev–Trinajstić information content (AvgIpc) is 2.65. The first-order valence-corrected chi connectivity index (χ1v) is 9.05. The van der Waals surface area contributed by atoms with Gasteiger partial charge in [-0.2, -0.15) is 0 Å². The van der Waals surface area contributed by atoms with Crippen molar-refractivity contribution in [2.75, 3.05) is 0 Å². The lowest BCUT2D eigenvalue weighted by Crippen LogP contribution is -2.51. The van der Waals surface area contributed by atoms with Crippen molar-refractivity contribution in [2.45, 2.75) is 6.42 Å². The van der Waals surface area contributed by atoms with Gasteiger partial charge in [0.25, 0.3) is 11.8 Å². The van der Waals surface area contributed by atoms with Crippen molar-refractivity contribution in [1.82, 2.24) is 10.6 Å². The molecule has 0 spiro atoms. The molecule has 1 aliphatic heterocycles. The number of carbonyl (C=O) groups excluding carboxylic acids is 2. The molecule has 1 aliphatic rings. The zero-order chi connectivity index (χ0) is 19.7. The zero-order valence-electron chi connectivity index (χ0n) is 14.7. The molecule has 0 unspecified atom stereocenters. The monoisotopic (exact) mass is 390 g/mol. The smallest absolute Gasteiger partial charge is 0.263 e. The maximum absolute atomic E-state index is 13.6. The number of carbonyl (C=O) groups is 2. The number of hydrogen-bond donors (Lipinski definition) is 2. The number of fused-ring (bicyclic) bond motifs is 1. The molecule has 2 N–H and O–H groups in total. The van der Waals surface area contributed by atoms with E-state index >= 15 is 0 Å². The first kappa shape index (κ1) is 18.0. The van der Waals surface area contributed by atoms with Crippen molar-refractivity contribution < 1.29 is 14.0 Å². The van der Waals surface area contributed by atoms with Gasteiger partial charge in [0.2, 0.25) is 0 Å². The molecule has 0 atom stereocenters. The molecule has 3 aromatic rings. The van der Waals surface area contributed by atoms with Crippen LogP contribution in [-0.4, -0.2) is 16.9 Å². The van der Waals surface area contributed by atoms with E-state index in [0.29, 0.717) is 6.42 Å². The van der Waals surface area contributed by atoms with E-state index in [1.165, 1.54) is 12.1 Å². The number of hydrogen-bond acceptors (Lipinski definition) is 3. The van der Waals surface area contributed by atoms with Crippen molar-refractivity contribution in [3.63, 3.8) is 0 Å². The molecular weight excluding hydrogens is 375 g/mol. The molecular formula is C22H15FN2O2S. The summed E-state index contributed by atoms with van der Waals surface area (Å²) in [4.78, 5) is 24.6. The maximum Gasteiger partial charge on any atom is 0.263 e. The van der Waals surface area contributed by atoms with Gasteiger partial charge in [0.1, 0.15) is 11.4 Å².